The lowest BCUT2D eigenvalue weighted by atomic mass is 10.1. The Morgan fingerprint density at radius 2 is 1.93 bits per heavy atom. The Bertz CT molecular complexity index is 794. The van der Waals surface area contributed by atoms with Gasteiger partial charge in [0.15, 0.2) is 0 Å². The molecule has 0 radical (unpaired) electrons. The number of hydrogen-bond donors (Lipinski definition) is 1. The van der Waals surface area contributed by atoms with E-state index in [9.17, 15) is 4.79 Å². The quantitative estimate of drug-likeness (QED) is 0.775. The van der Waals surface area contributed by atoms with Crippen LogP contribution in [0.25, 0.3) is 0 Å². The van der Waals surface area contributed by atoms with E-state index in [-0.39, 0.29) is 5.91 Å². The van der Waals surface area contributed by atoms with Gasteiger partial charge in [-0.25, -0.2) is 4.98 Å². The zero-order chi connectivity index (χ0) is 20.1. The molecule has 1 amide bonds. The smallest absolute Gasteiger partial charge is 0.263 e. The first-order valence-corrected chi connectivity index (χ1v) is 11.0. The molecule has 1 saturated heterocycles. The number of amides is 1. The molecule has 6 heteroatoms. The van der Waals surface area contributed by atoms with Gasteiger partial charge in [-0.1, -0.05) is 38.1 Å². The lowest BCUT2D eigenvalue weighted by Gasteiger charge is -2.32. The maximum absolute atomic E-state index is 12.6. The fourth-order valence-corrected chi connectivity index (χ4v) is 4.66. The zero-order valence-electron chi connectivity index (χ0n) is 17.5. The van der Waals surface area contributed by atoms with Gasteiger partial charge in [-0.3, -0.25) is 9.69 Å². The number of nitrogens with zero attached hydrogens (tertiary/aromatic N) is 3. The van der Waals surface area contributed by atoms with Crippen molar-refractivity contribution in [1.82, 2.24) is 20.1 Å². The number of aryl methyl sites for hydroxylation is 1. The molecule has 2 aromatic rings. The van der Waals surface area contributed by atoms with E-state index in [0.717, 1.165) is 60.3 Å². The van der Waals surface area contributed by atoms with Crippen molar-refractivity contribution in [3.63, 3.8) is 0 Å². The predicted molar refractivity (Wildman–Crippen MR) is 116 cm³/mol. The van der Waals surface area contributed by atoms with Gasteiger partial charge < -0.3 is 10.2 Å². The second-order valence-corrected chi connectivity index (χ2v) is 9.29. The number of piperazine rings is 1. The van der Waals surface area contributed by atoms with Crippen molar-refractivity contribution >= 4 is 17.2 Å². The van der Waals surface area contributed by atoms with Crippen molar-refractivity contribution in [3.8, 4) is 0 Å². The molecule has 0 spiro atoms. The summed E-state index contributed by atoms with van der Waals surface area (Å²) in [5.74, 6) is 0.527. The number of rotatable bonds is 7. The summed E-state index contributed by atoms with van der Waals surface area (Å²) in [6, 6.07) is 8.56. The van der Waals surface area contributed by atoms with Gasteiger partial charge in [0.05, 0.1) is 10.7 Å². The van der Waals surface area contributed by atoms with Crippen LogP contribution in [-0.2, 0) is 19.5 Å². The summed E-state index contributed by atoms with van der Waals surface area (Å²) < 4.78 is 0. The molecular formula is C22H32N4OS. The molecule has 1 aromatic carbocycles. The summed E-state index contributed by atoms with van der Waals surface area (Å²) >= 11 is 1.52. The molecule has 152 valence electrons. The third-order valence-electron chi connectivity index (χ3n) is 5.08. The number of hydrogen-bond acceptors (Lipinski definition) is 5. The van der Waals surface area contributed by atoms with E-state index in [1.165, 1.54) is 16.9 Å². The van der Waals surface area contributed by atoms with Crippen LogP contribution >= 0.6 is 11.3 Å². The molecule has 0 atom stereocenters. The molecule has 5 nitrogen and oxygen atoms in total. The topological polar surface area (TPSA) is 48.5 Å². The number of thiazole rings is 1. The average molecular weight is 401 g/mol. The highest BCUT2D eigenvalue weighted by Gasteiger charge is 2.16. The van der Waals surface area contributed by atoms with Gasteiger partial charge in [0, 0.05) is 45.7 Å². The third-order valence-corrected chi connectivity index (χ3v) is 6.26. The summed E-state index contributed by atoms with van der Waals surface area (Å²) in [6.07, 6.45) is 0.924. The molecule has 0 unspecified atom stereocenters. The molecule has 3 rings (SSSR count). The van der Waals surface area contributed by atoms with Gasteiger partial charge in [-0.05, 0) is 31.0 Å². The van der Waals surface area contributed by atoms with Crippen LogP contribution in [0, 0.1) is 12.8 Å². The summed E-state index contributed by atoms with van der Waals surface area (Å²) in [4.78, 5) is 22.8. The summed E-state index contributed by atoms with van der Waals surface area (Å²) in [7, 11) is 2.18. The highest BCUT2D eigenvalue weighted by atomic mass is 32.1. The molecule has 2 heterocycles. The molecular weight excluding hydrogens is 368 g/mol. The fraction of sp³-hybridized carbons (Fsp3) is 0.545. The van der Waals surface area contributed by atoms with Crippen LogP contribution in [0.3, 0.4) is 0 Å². The maximum Gasteiger partial charge on any atom is 0.263 e. The summed E-state index contributed by atoms with van der Waals surface area (Å²) in [5.41, 5.74) is 3.29. The Labute approximate surface area is 172 Å². The minimum absolute atomic E-state index is 0.0190. The molecule has 1 aliphatic heterocycles. The minimum Gasteiger partial charge on any atom is -0.347 e. The van der Waals surface area contributed by atoms with Crippen LogP contribution in [0.1, 0.15) is 45.3 Å². The second kappa shape index (κ2) is 9.63. The standard InChI is InChI=1S/C22H32N4OS/c1-16(2)12-20-24-17(3)21(28-20)22(27)23-14-18-6-5-7-19(13-18)15-26-10-8-25(4)9-11-26/h5-7,13,16H,8-12,14-15H2,1-4H3,(H,23,27). The van der Waals surface area contributed by atoms with Crippen molar-refractivity contribution in [2.45, 2.75) is 40.3 Å². The van der Waals surface area contributed by atoms with Crippen LogP contribution in [0.5, 0.6) is 0 Å². The average Bonchev–Trinajstić information content (AvgIpc) is 3.01. The molecule has 1 fully saturated rings. The Morgan fingerprint density at radius 3 is 2.64 bits per heavy atom. The number of carbonyl (C=O) groups excluding carboxylic acids is 1. The predicted octanol–water partition coefficient (Wildman–Crippen LogP) is 3.33. The lowest BCUT2D eigenvalue weighted by Crippen LogP contribution is -2.43. The molecule has 1 aliphatic rings. The van der Waals surface area contributed by atoms with E-state index in [1.54, 1.807) is 0 Å². The molecule has 28 heavy (non-hydrogen) atoms. The molecule has 1 aromatic heterocycles. The summed E-state index contributed by atoms with van der Waals surface area (Å²) in [6.45, 7) is 12.3. The first-order valence-electron chi connectivity index (χ1n) is 10.1. The van der Waals surface area contributed by atoms with Gasteiger partial charge in [-0.15, -0.1) is 11.3 Å². The van der Waals surface area contributed by atoms with Crippen molar-refractivity contribution in [3.05, 3.63) is 51.0 Å². The largest absolute Gasteiger partial charge is 0.347 e. The monoisotopic (exact) mass is 400 g/mol. The normalized spacial score (nSPS) is 15.9. The third kappa shape index (κ3) is 5.87. The maximum atomic E-state index is 12.6. The molecule has 0 bridgehead atoms. The van der Waals surface area contributed by atoms with Crippen LogP contribution in [0.15, 0.2) is 24.3 Å². The van der Waals surface area contributed by atoms with E-state index in [4.69, 9.17) is 0 Å². The van der Waals surface area contributed by atoms with Crippen LogP contribution in [0.4, 0.5) is 0 Å². The Morgan fingerprint density at radius 1 is 1.21 bits per heavy atom. The Kier molecular flexibility index (Phi) is 7.21. The number of likely N-dealkylation sites (N-methyl/N-ethyl adjacent to an activating group) is 1. The number of benzene rings is 1. The van der Waals surface area contributed by atoms with Gasteiger partial charge in [0.25, 0.3) is 5.91 Å². The van der Waals surface area contributed by atoms with E-state index < -0.39 is 0 Å². The second-order valence-electron chi connectivity index (χ2n) is 8.20. The van der Waals surface area contributed by atoms with Crippen molar-refractivity contribution in [1.29, 1.82) is 0 Å². The fourth-order valence-electron chi connectivity index (χ4n) is 3.46. The van der Waals surface area contributed by atoms with Gasteiger partial charge in [0.2, 0.25) is 0 Å². The van der Waals surface area contributed by atoms with Crippen LogP contribution < -0.4 is 5.32 Å². The van der Waals surface area contributed by atoms with Crippen molar-refractivity contribution in [2.75, 3.05) is 33.2 Å². The van der Waals surface area contributed by atoms with Crippen LogP contribution in [-0.4, -0.2) is 53.9 Å². The molecule has 0 saturated carbocycles. The first kappa shape index (κ1) is 21.0. The highest BCUT2D eigenvalue weighted by molar-refractivity contribution is 7.13. The first-order chi connectivity index (χ1) is 13.4. The molecule has 1 N–H and O–H groups in total. The van der Waals surface area contributed by atoms with Gasteiger partial charge in [-0.2, -0.15) is 0 Å². The van der Waals surface area contributed by atoms with Gasteiger partial charge in [0.1, 0.15) is 4.88 Å². The SMILES string of the molecule is Cc1nc(CC(C)C)sc1C(=O)NCc1cccc(CN2CCN(C)CC2)c1. The summed E-state index contributed by atoms with van der Waals surface area (Å²) in [5, 5.41) is 4.12. The van der Waals surface area contributed by atoms with Crippen LogP contribution in [0.2, 0.25) is 0 Å². The van der Waals surface area contributed by atoms with Crippen molar-refractivity contribution in [2.24, 2.45) is 5.92 Å². The number of nitrogens with one attached hydrogen (secondary N) is 1. The minimum atomic E-state index is -0.0190. The Hall–Kier alpha value is -1.76. The number of carbonyl (C=O) groups is 1. The van der Waals surface area contributed by atoms with E-state index >= 15 is 0 Å². The van der Waals surface area contributed by atoms with E-state index in [2.05, 4.69) is 65.3 Å². The lowest BCUT2D eigenvalue weighted by molar-refractivity contribution is 0.0954. The van der Waals surface area contributed by atoms with E-state index in [0.29, 0.717) is 12.5 Å². The highest BCUT2D eigenvalue weighted by Crippen LogP contribution is 2.21. The number of aromatic nitrogens is 1. The van der Waals surface area contributed by atoms with Crippen molar-refractivity contribution < 1.29 is 4.79 Å². The molecule has 0 aliphatic carbocycles. The van der Waals surface area contributed by atoms with Gasteiger partial charge >= 0.3 is 0 Å². The zero-order valence-corrected chi connectivity index (χ0v) is 18.3. The Balaban J connectivity index is 1.56. The van der Waals surface area contributed by atoms with E-state index in [1.807, 2.05) is 6.92 Å².